The van der Waals surface area contributed by atoms with Crippen molar-refractivity contribution < 1.29 is 5.11 Å². The minimum atomic E-state index is -0.00699. The molecule has 0 aliphatic carbocycles. The average Bonchev–Trinajstić information content (AvgIpc) is 2.48. The molecule has 0 heterocycles. The van der Waals surface area contributed by atoms with Crippen LogP contribution in [-0.2, 0) is 13.0 Å². The molecular formula is C16H17Cl2NO. The van der Waals surface area contributed by atoms with E-state index in [0.717, 1.165) is 12.0 Å². The smallest absolute Gasteiger partial charge is 0.0637 e. The Labute approximate surface area is 129 Å². The quantitative estimate of drug-likeness (QED) is 0.853. The lowest BCUT2D eigenvalue weighted by Crippen LogP contribution is -2.34. The van der Waals surface area contributed by atoms with Crippen LogP contribution in [0.4, 0.5) is 0 Å². The topological polar surface area (TPSA) is 32.3 Å². The molecule has 0 amide bonds. The fraction of sp³-hybridized carbons (Fsp3) is 0.250. The van der Waals surface area contributed by atoms with Crippen LogP contribution in [-0.4, -0.2) is 17.8 Å². The number of halogens is 2. The standard InChI is InChI=1S/C16H17Cl2NO/c17-15-8-4-7-13(16(15)18)10-19-14(11-20)9-12-5-2-1-3-6-12/h1-8,14,19-20H,9-11H2/t14-/m1/s1. The lowest BCUT2D eigenvalue weighted by atomic mass is 10.1. The number of benzene rings is 2. The zero-order chi connectivity index (χ0) is 14.4. The number of aliphatic hydroxyl groups excluding tert-OH is 1. The summed E-state index contributed by atoms with van der Waals surface area (Å²) in [5, 5.41) is 13.9. The molecule has 0 aliphatic rings. The van der Waals surface area contributed by atoms with Crippen molar-refractivity contribution >= 4 is 23.2 Å². The summed E-state index contributed by atoms with van der Waals surface area (Å²) in [5.41, 5.74) is 2.13. The van der Waals surface area contributed by atoms with Crippen molar-refractivity contribution in [3.05, 3.63) is 69.7 Å². The monoisotopic (exact) mass is 309 g/mol. The minimum absolute atomic E-state index is 0.00699. The van der Waals surface area contributed by atoms with Crippen molar-refractivity contribution in [2.75, 3.05) is 6.61 Å². The average molecular weight is 310 g/mol. The van der Waals surface area contributed by atoms with Gasteiger partial charge in [-0.3, -0.25) is 0 Å². The van der Waals surface area contributed by atoms with Gasteiger partial charge >= 0.3 is 0 Å². The summed E-state index contributed by atoms with van der Waals surface area (Å²) in [6, 6.07) is 15.6. The molecule has 0 saturated heterocycles. The third-order valence-electron chi connectivity index (χ3n) is 3.16. The summed E-state index contributed by atoms with van der Waals surface area (Å²) in [4.78, 5) is 0. The molecule has 20 heavy (non-hydrogen) atoms. The molecule has 2 aromatic rings. The molecule has 0 spiro atoms. The summed E-state index contributed by atoms with van der Waals surface area (Å²) in [6.45, 7) is 0.657. The predicted molar refractivity (Wildman–Crippen MR) is 84.3 cm³/mol. The van der Waals surface area contributed by atoms with Gasteiger partial charge in [-0.05, 0) is 23.6 Å². The number of hydrogen-bond donors (Lipinski definition) is 2. The van der Waals surface area contributed by atoms with Crippen LogP contribution in [0.2, 0.25) is 10.0 Å². The summed E-state index contributed by atoms with van der Waals surface area (Å²) >= 11 is 12.1. The highest BCUT2D eigenvalue weighted by molar-refractivity contribution is 6.42. The van der Waals surface area contributed by atoms with Gasteiger partial charge in [-0.1, -0.05) is 65.7 Å². The Morgan fingerprint density at radius 1 is 1.00 bits per heavy atom. The first-order valence-electron chi connectivity index (χ1n) is 6.51. The van der Waals surface area contributed by atoms with Gasteiger partial charge in [0.1, 0.15) is 0 Å². The summed E-state index contributed by atoms with van der Waals surface area (Å²) in [6.07, 6.45) is 0.773. The second-order valence-electron chi connectivity index (χ2n) is 4.66. The second kappa shape index (κ2) is 7.65. The summed E-state index contributed by atoms with van der Waals surface area (Å²) in [5.74, 6) is 0. The van der Waals surface area contributed by atoms with Gasteiger partial charge in [-0.25, -0.2) is 0 Å². The summed E-state index contributed by atoms with van der Waals surface area (Å²) < 4.78 is 0. The van der Waals surface area contributed by atoms with Crippen molar-refractivity contribution in [1.82, 2.24) is 5.32 Å². The Bertz CT molecular complexity index is 545. The van der Waals surface area contributed by atoms with Crippen LogP contribution < -0.4 is 5.32 Å². The molecule has 4 heteroatoms. The number of aliphatic hydroxyl groups is 1. The molecule has 0 unspecified atom stereocenters. The molecule has 1 atom stereocenters. The lowest BCUT2D eigenvalue weighted by molar-refractivity contribution is 0.241. The van der Waals surface area contributed by atoms with Crippen molar-refractivity contribution in [2.24, 2.45) is 0 Å². The van der Waals surface area contributed by atoms with Gasteiger partial charge in [0, 0.05) is 12.6 Å². The fourth-order valence-corrected chi connectivity index (χ4v) is 2.43. The fourth-order valence-electron chi connectivity index (χ4n) is 2.04. The van der Waals surface area contributed by atoms with E-state index in [1.165, 1.54) is 5.56 Å². The maximum absolute atomic E-state index is 9.47. The molecule has 0 radical (unpaired) electrons. The van der Waals surface area contributed by atoms with Crippen LogP contribution in [0.1, 0.15) is 11.1 Å². The molecular weight excluding hydrogens is 293 g/mol. The predicted octanol–water partition coefficient (Wildman–Crippen LogP) is 3.69. The first-order valence-corrected chi connectivity index (χ1v) is 7.27. The number of rotatable bonds is 6. The Morgan fingerprint density at radius 2 is 1.75 bits per heavy atom. The molecule has 0 fully saturated rings. The number of hydrogen-bond acceptors (Lipinski definition) is 2. The van der Waals surface area contributed by atoms with Crippen LogP contribution in [0, 0.1) is 0 Å². The van der Waals surface area contributed by atoms with Crippen molar-refractivity contribution in [3.8, 4) is 0 Å². The molecule has 106 valence electrons. The Balaban J connectivity index is 1.95. The van der Waals surface area contributed by atoms with Gasteiger partial charge in [-0.2, -0.15) is 0 Å². The zero-order valence-electron chi connectivity index (χ0n) is 11.0. The van der Waals surface area contributed by atoms with E-state index in [1.807, 2.05) is 30.3 Å². The maximum atomic E-state index is 9.47. The van der Waals surface area contributed by atoms with E-state index in [-0.39, 0.29) is 12.6 Å². The van der Waals surface area contributed by atoms with Gasteiger partial charge in [0.15, 0.2) is 0 Å². The van der Waals surface area contributed by atoms with E-state index in [4.69, 9.17) is 23.2 Å². The highest BCUT2D eigenvalue weighted by Crippen LogP contribution is 2.25. The van der Waals surface area contributed by atoms with Crippen LogP contribution >= 0.6 is 23.2 Å². The molecule has 2 rings (SSSR count). The molecule has 2 nitrogen and oxygen atoms in total. The molecule has 2 aromatic carbocycles. The highest BCUT2D eigenvalue weighted by Gasteiger charge is 2.10. The van der Waals surface area contributed by atoms with Crippen LogP contribution in [0.25, 0.3) is 0 Å². The van der Waals surface area contributed by atoms with Gasteiger partial charge in [0.25, 0.3) is 0 Å². The van der Waals surface area contributed by atoms with Crippen molar-refractivity contribution in [2.45, 2.75) is 19.0 Å². The van der Waals surface area contributed by atoms with Gasteiger partial charge in [0.2, 0.25) is 0 Å². The molecule has 0 aromatic heterocycles. The second-order valence-corrected chi connectivity index (χ2v) is 5.45. The van der Waals surface area contributed by atoms with E-state index in [2.05, 4.69) is 17.4 Å². The third-order valence-corrected chi connectivity index (χ3v) is 4.02. The highest BCUT2D eigenvalue weighted by atomic mass is 35.5. The van der Waals surface area contributed by atoms with Crippen molar-refractivity contribution in [1.29, 1.82) is 0 Å². The molecule has 0 bridgehead atoms. The van der Waals surface area contributed by atoms with E-state index >= 15 is 0 Å². The third kappa shape index (κ3) is 4.22. The van der Waals surface area contributed by atoms with Gasteiger partial charge in [0.05, 0.1) is 16.7 Å². The zero-order valence-corrected chi connectivity index (χ0v) is 12.5. The molecule has 2 N–H and O–H groups in total. The Hall–Kier alpha value is -1.06. The van der Waals surface area contributed by atoms with Crippen molar-refractivity contribution in [3.63, 3.8) is 0 Å². The van der Waals surface area contributed by atoms with E-state index in [0.29, 0.717) is 16.6 Å². The van der Waals surface area contributed by atoms with E-state index < -0.39 is 0 Å². The van der Waals surface area contributed by atoms with Gasteiger partial charge < -0.3 is 10.4 Å². The molecule has 0 saturated carbocycles. The SMILES string of the molecule is OC[C@@H](Cc1ccccc1)NCc1cccc(Cl)c1Cl. The van der Waals surface area contributed by atoms with Crippen LogP contribution in [0.3, 0.4) is 0 Å². The van der Waals surface area contributed by atoms with Gasteiger partial charge in [-0.15, -0.1) is 0 Å². The first-order chi connectivity index (χ1) is 9.70. The maximum Gasteiger partial charge on any atom is 0.0637 e. The normalized spacial score (nSPS) is 12.3. The first kappa shape index (κ1) is 15.3. The Kier molecular flexibility index (Phi) is 5.86. The van der Waals surface area contributed by atoms with Crippen LogP contribution in [0.5, 0.6) is 0 Å². The van der Waals surface area contributed by atoms with E-state index in [9.17, 15) is 5.11 Å². The molecule has 0 aliphatic heterocycles. The minimum Gasteiger partial charge on any atom is -0.395 e. The Morgan fingerprint density at radius 3 is 2.45 bits per heavy atom. The number of nitrogens with one attached hydrogen (secondary N) is 1. The largest absolute Gasteiger partial charge is 0.395 e. The van der Waals surface area contributed by atoms with Crippen LogP contribution in [0.15, 0.2) is 48.5 Å². The lowest BCUT2D eigenvalue weighted by Gasteiger charge is -2.17. The summed E-state index contributed by atoms with van der Waals surface area (Å²) in [7, 11) is 0. The van der Waals surface area contributed by atoms with E-state index in [1.54, 1.807) is 6.07 Å².